The minimum absolute atomic E-state index is 0.125. The van der Waals surface area contributed by atoms with Crippen molar-refractivity contribution in [3.63, 3.8) is 0 Å². The molecule has 0 bridgehead atoms. The molecule has 2 heterocycles. The van der Waals surface area contributed by atoms with Crippen molar-refractivity contribution in [2.24, 2.45) is 0 Å². The number of rotatable bonds is 7. The van der Waals surface area contributed by atoms with Crippen LogP contribution in [0.4, 0.5) is 5.69 Å². The van der Waals surface area contributed by atoms with Crippen LogP contribution in [0, 0.1) is 17.0 Å². The number of allylic oxidation sites excluding steroid dienone is 1. The molecule has 0 spiro atoms. The molecule has 3 rings (SSSR count). The number of methoxy groups -OCH3 is 1. The first-order chi connectivity index (χ1) is 13.5. The average Bonchev–Trinajstić information content (AvgIpc) is 3.19. The summed E-state index contributed by atoms with van der Waals surface area (Å²) in [5.41, 5.74) is 2.23. The molecule has 1 fully saturated rings. The predicted molar refractivity (Wildman–Crippen MR) is 109 cm³/mol. The molecule has 148 valence electrons. The van der Waals surface area contributed by atoms with Crippen LogP contribution in [-0.2, 0) is 6.42 Å². The molecule has 2 aromatic rings. The Morgan fingerprint density at radius 3 is 2.57 bits per heavy atom. The average molecular weight is 403 g/mol. The van der Waals surface area contributed by atoms with Crippen molar-refractivity contribution in [3.8, 4) is 5.75 Å². The number of nitro groups is 1. The zero-order valence-electron chi connectivity index (χ0n) is 16.0. The molecule has 8 heteroatoms. The minimum atomic E-state index is -0.515. The summed E-state index contributed by atoms with van der Waals surface area (Å²) in [6, 6.07) is 7.95. The van der Waals surface area contributed by atoms with Gasteiger partial charge in [0.2, 0.25) is 5.15 Å². The van der Waals surface area contributed by atoms with Gasteiger partial charge in [0, 0.05) is 18.8 Å². The monoisotopic (exact) mass is 402 g/mol. The van der Waals surface area contributed by atoms with E-state index in [2.05, 4.69) is 14.9 Å². The number of halogens is 1. The van der Waals surface area contributed by atoms with Gasteiger partial charge in [-0.15, -0.1) is 0 Å². The normalized spacial score (nSPS) is 14.4. The van der Waals surface area contributed by atoms with Crippen LogP contribution >= 0.6 is 11.6 Å². The van der Waals surface area contributed by atoms with Crippen molar-refractivity contribution in [2.45, 2.75) is 32.6 Å². The smallest absolute Gasteiger partial charge is 0.331 e. The predicted octanol–water partition coefficient (Wildman–Crippen LogP) is 4.42. The lowest BCUT2D eigenvalue weighted by Gasteiger charge is -2.22. The number of benzene rings is 1. The van der Waals surface area contributed by atoms with Gasteiger partial charge in [0.05, 0.1) is 12.0 Å². The van der Waals surface area contributed by atoms with Gasteiger partial charge >= 0.3 is 5.69 Å². The van der Waals surface area contributed by atoms with Crippen LogP contribution < -0.4 is 4.74 Å². The highest BCUT2D eigenvalue weighted by molar-refractivity contribution is 6.31. The lowest BCUT2D eigenvalue weighted by Crippen LogP contribution is -2.19. The zero-order valence-corrected chi connectivity index (χ0v) is 16.8. The zero-order chi connectivity index (χ0) is 20.1. The van der Waals surface area contributed by atoms with Crippen LogP contribution in [0.3, 0.4) is 0 Å². The molecule has 0 saturated carbocycles. The van der Waals surface area contributed by atoms with E-state index in [9.17, 15) is 10.1 Å². The maximum atomic E-state index is 11.5. The third-order valence-electron chi connectivity index (χ3n) is 4.81. The molecule has 28 heavy (non-hydrogen) atoms. The second-order valence-corrected chi connectivity index (χ2v) is 7.09. The van der Waals surface area contributed by atoms with Gasteiger partial charge in [0.1, 0.15) is 17.3 Å². The Labute approximate surface area is 169 Å². The number of hydrogen-bond donors (Lipinski definition) is 0. The Kier molecular flexibility index (Phi) is 6.46. The number of ether oxygens (including phenoxy) is 1. The maximum absolute atomic E-state index is 11.5. The highest BCUT2D eigenvalue weighted by Gasteiger charge is 2.23. The molecule has 1 saturated heterocycles. The summed E-state index contributed by atoms with van der Waals surface area (Å²) in [5.74, 6) is 1.23. The van der Waals surface area contributed by atoms with E-state index >= 15 is 0 Å². The van der Waals surface area contributed by atoms with Crippen molar-refractivity contribution in [1.29, 1.82) is 0 Å². The molecule has 1 aromatic heterocycles. The second kappa shape index (κ2) is 9.01. The van der Waals surface area contributed by atoms with Gasteiger partial charge < -0.3 is 9.64 Å². The van der Waals surface area contributed by atoms with Crippen molar-refractivity contribution < 1.29 is 9.66 Å². The molecule has 1 aliphatic rings. The van der Waals surface area contributed by atoms with Gasteiger partial charge in [-0.1, -0.05) is 23.7 Å². The summed E-state index contributed by atoms with van der Waals surface area (Å²) in [5, 5.41) is 11.4. The Balaban J connectivity index is 1.90. The highest BCUT2D eigenvalue weighted by atomic mass is 35.5. The fourth-order valence-electron chi connectivity index (χ4n) is 3.37. The molecule has 0 unspecified atom stereocenters. The minimum Gasteiger partial charge on any atom is -0.497 e. The molecule has 1 aromatic carbocycles. The summed E-state index contributed by atoms with van der Waals surface area (Å²) in [6.07, 6.45) is 5.60. The summed E-state index contributed by atoms with van der Waals surface area (Å²) in [7, 11) is 1.64. The highest BCUT2D eigenvalue weighted by Crippen LogP contribution is 2.29. The van der Waals surface area contributed by atoms with E-state index in [1.165, 1.54) is 5.56 Å². The molecule has 0 N–H and O–H groups in total. The Morgan fingerprint density at radius 1 is 1.29 bits per heavy atom. The Bertz CT molecular complexity index is 878. The molecule has 0 atom stereocenters. The maximum Gasteiger partial charge on any atom is 0.331 e. The first-order valence-corrected chi connectivity index (χ1v) is 9.62. The van der Waals surface area contributed by atoms with Crippen molar-refractivity contribution in [2.75, 3.05) is 20.2 Å². The molecule has 7 nitrogen and oxygen atoms in total. The molecular formula is C20H23ClN4O3. The first kappa shape index (κ1) is 20.1. The first-order valence-electron chi connectivity index (χ1n) is 9.25. The number of likely N-dealkylation sites (tertiary alicyclic amines) is 1. The number of aryl methyl sites for hydroxylation is 2. The standard InChI is InChI=1S/C20H23ClN4O3/c1-14-22-18(19(25(26)27)20(21)23-14)13-16(24-11-3-4-12-24)8-5-15-6-9-17(28-2)10-7-15/h6-7,9-10,13H,3-5,8,11-12H2,1-2H3/b16-13-. The van der Waals surface area contributed by atoms with Crippen molar-refractivity contribution >= 4 is 23.4 Å². The largest absolute Gasteiger partial charge is 0.497 e. The van der Waals surface area contributed by atoms with E-state index in [0.29, 0.717) is 5.82 Å². The van der Waals surface area contributed by atoms with Crippen molar-refractivity contribution in [1.82, 2.24) is 14.9 Å². The van der Waals surface area contributed by atoms with Gasteiger partial charge in [-0.3, -0.25) is 10.1 Å². The summed E-state index contributed by atoms with van der Waals surface area (Å²) in [6.45, 7) is 3.57. The van der Waals surface area contributed by atoms with Gasteiger partial charge in [0.25, 0.3) is 0 Å². The van der Waals surface area contributed by atoms with Gasteiger partial charge in [-0.05, 0) is 56.4 Å². The third-order valence-corrected chi connectivity index (χ3v) is 5.07. The van der Waals surface area contributed by atoms with Gasteiger partial charge in [-0.25, -0.2) is 9.97 Å². The summed E-state index contributed by atoms with van der Waals surface area (Å²) < 4.78 is 5.20. The summed E-state index contributed by atoms with van der Waals surface area (Å²) in [4.78, 5) is 21.5. The number of hydrogen-bond acceptors (Lipinski definition) is 6. The van der Waals surface area contributed by atoms with E-state index in [4.69, 9.17) is 16.3 Å². The Hall–Kier alpha value is -2.67. The quantitative estimate of drug-likeness (QED) is 0.387. The molecule has 1 aliphatic heterocycles. The molecule has 0 radical (unpaired) electrons. The second-order valence-electron chi connectivity index (χ2n) is 6.73. The molecular weight excluding hydrogens is 380 g/mol. The molecule has 0 aliphatic carbocycles. The van der Waals surface area contributed by atoms with Crippen LogP contribution in [0.5, 0.6) is 5.75 Å². The van der Waals surface area contributed by atoms with E-state index < -0.39 is 4.92 Å². The van der Waals surface area contributed by atoms with Gasteiger partial charge in [-0.2, -0.15) is 0 Å². The summed E-state index contributed by atoms with van der Waals surface area (Å²) >= 11 is 6.03. The van der Waals surface area contributed by atoms with E-state index in [1.54, 1.807) is 20.1 Å². The van der Waals surface area contributed by atoms with Crippen LogP contribution in [-0.4, -0.2) is 40.0 Å². The third kappa shape index (κ3) is 4.78. The topological polar surface area (TPSA) is 81.4 Å². The fourth-order valence-corrected chi connectivity index (χ4v) is 3.66. The lowest BCUT2D eigenvalue weighted by molar-refractivity contribution is -0.385. The van der Waals surface area contributed by atoms with Crippen LogP contribution in [0.15, 0.2) is 30.0 Å². The van der Waals surface area contributed by atoms with Crippen molar-refractivity contribution in [3.05, 3.63) is 62.3 Å². The van der Waals surface area contributed by atoms with Crippen LogP contribution in [0.2, 0.25) is 5.15 Å². The lowest BCUT2D eigenvalue weighted by atomic mass is 10.1. The molecule has 0 amide bonds. The fraction of sp³-hybridized carbons (Fsp3) is 0.400. The van der Waals surface area contributed by atoms with Crippen LogP contribution in [0.1, 0.15) is 36.3 Å². The van der Waals surface area contributed by atoms with Crippen LogP contribution in [0.25, 0.3) is 6.08 Å². The van der Waals surface area contributed by atoms with E-state index in [-0.39, 0.29) is 16.5 Å². The van der Waals surface area contributed by atoms with E-state index in [0.717, 1.165) is 50.2 Å². The number of nitrogens with zero attached hydrogens (tertiary/aromatic N) is 4. The number of aromatic nitrogens is 2. The SMILES string of the molecule is COc1ccc(CC/C(=C/c2nc(C)nc(Cl)c2[N+](=O)[O-])N2CCCC2)cc1. The van der Waals surface area contributed by atoms with E-state index in [1.807, 2.05) is 24.3 Å². The Morgan fingerprint density at radius 2 is 1.96 bits per heavy atom. The van der Waals surface area contributed by atoms with Gasteiger partial charge in [0.15, 0.2) is 0 Å².